The Morgan fingerprint density at radius 1 is 1.07 bits per heavy atom. The van der Waals surface area contributed by atoms with E-state index in [2.05, 4.69) is 41.4 Å². The van der Waals surface area contributed by atoms with Gasteiger partial charge in [0.1, 0.15) is 0 Å². The van der Waals surface area contributed by atoms with E-state index in [0.29, 0.717) is 23.7 Å². The Morgan fingerprint density at radius 3 is 2.41 bits per heavy atom. The zero-order valence-electron chi connectivity index (χ0n) is 16.3. The summed E-state index contributed by atoms with van der Waals surface area (Å²) in [6, 6.07) is 8.80. The molecule has 1 aromatic carbocycles. The lowest BCUT2D eigenvalue weighted by Crippen LogP contribution is -2.58. The van der Waals surface area contributed by atoms with Gasteiger partial charge in [0, 0.05) is 31.0 Å². The molecule has 1 N–H and O–H groups in total. The van der Waals surface area contributed by atoms with Crippen LogP contribution in [0, 0.1) is 18.3 Å². The Labute approximate surface area is 161 Å². The van der Waals surface area contributed by atoms with Crippen molar-refractivity contribution in [1.29, 1.82) is 0 Å². The minimum absolute atomic E-state index is 0.0385. The summed E-state index contributed by atoms with van der Waals surface area (Å²) in [5.74, 6) is 1.35. The normalized spacial score (nSPS) is 28.7. The molecule has 0 radical (unpaired) electrons. The first-order valence-corrected chi connectivity index (χ1v) is 10.6. The van der Waals surface area contributed by atoms with Gasteiger partial charge < -0.3 is 10.2 Å². The number of amides is 2. The molecular formula is C23H30N2O2. The van der Waals surface area contributed by atoms with Crippen molar-refractivity contribution >= 4 is 11.8 Å². The first-order valence-electron chi connectivity index (χ1n) is 10.6. The van der Waals surface area contributed by atoms with E-state index in [0.717, 1.165) is 45.2 Å². The van der Waals surface area contributed by atoms with E-state index in [-0.39, 0.29) is 17.4 Å². The summed E-state index contributed by atoms with van der Waals surface area (Å²) in [5.41, 5.74) is 3.38. The average molecular weight is 367 g/mol. The largest absolute Gasteiger partial charge is 0.351 e. The van der Waals surface area contributed by atoms with Gasteiger partial charge in [-0.25, -0.2) is 0 Å². The van der Waals surface area contributed by atoms with E-state index < -0.39 is 0 Å². The predicted molar refractivity (Wildman–Crippen MR) is 104 cm³/mol. The fourth-order valence-corrected chi connectivity index (χ4v) is 6.26. The zero-order valence-corrected chi connectivity index (χ0v) is 16.3. The molecule has 0 atom stereocenters. The van der Waals surface area contributed by atoms with Crippen LogP contribution in [0.2, 0.25) is 0 Å². The van der Waals surface area contributed by atoms with Crippen molar-refractivity contribution in [1.82, 2.24) is 10.2 Å². The summed E-state index contributed by atoms with van der Waals surface area (Å²) in [6.07, 6.45) is 8.17. The highest BCUT2D eigenvalue weighted by Crippen LogP contribution is 2.57. The Balaban J connectivity index is 1.12. The number of rotatable bonds is 2. The number of aryl methyl sites for hydroxylation is 1. The summed E-state index contributed by atoms with van der Waals surface area (Å²) in [7, 11) is 0. The van der Waals surface area contributed by atoms with Crippen LogP contribution in [-0.2, 0) is 9.59 Å². The van der Waals surface area contributed by atoms with Gasteiger partial charge in [0.2, 0.25) is 11.8 Å². The van der Waals surface area contributed by atoms with Gasteiger partial charge in [0.25, 0.3) is 0 Å². The van der Waals surface area contributed by atoms with Gasteiger partial charge in [-0.05, 0) is 74.3 Å². The molecule has 4 aliphatic rings. The van der Waals surface area contributed by atoms with Crippen LogP contribution in [0.25, 0.3) is 0 Å². The highest BCUT2D eigenvalue weighted by molar-refractivity contribution is 5.83. The highest BCUT2D eigenvalue weighted by Gasteiger charge is 2.53. The Morgan fingerprint density at radius 2 is 1.78 bits per heavy atom. The molecule has 27 heavy (non-hydrogen) atoms. The van der Waals surface area contributed by atoms with E-state index in [4.69, 9.17) is 0 Å². The van der Waals surface area contributed by atoms with Crippen LogP contribution in [0.15, 0.2) is 24.3 Å². The number of nitrogens with zero attached hydrogens (tertiary/aromatic N) is 1. The van der Waals surface area contributed by atoms with Gasteiger partial charge in [-0.3, -0.25) is 9.59 Å². The summed E-state index contributed by atoms with van der Waals surface area (Å²) >= 11 is 0. The van der Waals surface area contributed by atoms with E-state index in [1.165, 1.54) is 24.0 Å². The predicted octanol–water partition coefficient (Wildman–Crippen LogP) is 3.54. The smallest absolute Gasteiger partial charge is 0.225 e. The van der Waals surface area contributed by atoms with Crippen LogP contribution < -0.4 is 5.32 Å². The number of likely N-dealkylation sites (tertiary alicyclic amines) is 1. The van der Waals surface area contributed by atoms with Crippen LogP contribution in [0.4, 0.5) is 0 Å². The quantitative estimate of drug-likeness (QED) is 0.870. The molecule has 1 aromatic rings. The molecule has 2 spiro atoms. The third-order valence-corrected chi connectivity index (χ3v) is 7.98. The van der Waals surface area contributed by atoms with Crippen molar-refractivity contribution in [2.45, 2.75) is 69.7 Å². The van der Waals surface area contributed by atoms with Crippen molar-refractivity contribution < 1.29 is 9.59 Å². The molecule has 4 fully saturated rings. The molecule has 2 aliphatic carbocycles. The van der Waals surface area contributed by atoms with Gasteiger partial charge in [-0.1, -0.05) is 24.3 Å². The first-order chi connectivity index (χ1) is 13.0. The van der Waals surface area contributed by atoms with Crippen molar-refractivity contribution in [2.75, 3.05) is 13.1 Å². The molecule has 4 nitrogen and oxygen atoms in total. The van der Waals surface area contributed by atoms with Crippen molar-refractivity contribution in [3.05, 3.63) is 35.4 Å². The molecule has 5 rings (SSSR count). The molecule has 2 heterocycles. The maximum atomic E-state index is 12.9. The highest BCUT2D eigenvalue weighted by atomic mass is 16.2. The monoisotopic (exact) mass is 366 g/mol. The van der Waals surface area contributed by atoms with Crippen LogP contribution in [0.5, 0.6) is 0 Å². The van der Waals surface area contributed by atoms with Crippen molar-refractivity contribution in [3.8, 4) is 0 Å². The van der Waals surface area contributed by atoms with Gasteiger partial charge in [0.15, 0.2) is 0 Å². The molecule has 144 valence electrons. The third kappa shape index (κ3) is 2.88. The standard InChI is InChI=1S/C23H30N2O2/c1-16-4-2-3-5-19(16)17-12-22(13-17)8-10-25(11-9-22)21(27)18-14-23(15-18)7-6-20(26)24-23/h2-5,17-18H,6-15H2,1H3,(H,24,26). The fourth-order valence-electron chi connectivity index (χ4n) is 6.26. The fraction of sp³-hybridized carbons (Fsp3) is 0.652. The molecular weight excluding hydrogens is 336 g/mol. The van der Waals surface area contributed by atoms with E-state index in [9.17, 15) is 9.59 Å². The molecule has 2 aliphatic heterocycles. The Hall–Kier alpha value is -1.84. The molecule has 2 saturated carbocycles. The second-order valence-corrected chi connectivity index (χ2v) is 9.72. The molecule has 0 unspecified atom stereocenters. The number of piperidine rings is 1. The summed E-state index contributed by atoms with van der Waals surface area (Å²) in [5, 5.41) is 3.10. The van der Waals surface area contributed by atoms with Gasteiger partial charge >= 0.3 is 0 Å². The second kappa shape index (κ2) is 6.08. The molecule has 4 heteroatoms. The van der Waals surface area contributed by atoms with Gasteiger partial charge in [-0.15, -0.1) is 0 Å². The molecule has 0 bridgehead atoms. The van der Waals surface area contributed by atoms with Crippen LogP contribution in [0.1, 0.15) is 68.4 Å². The number of carbonyl (C=O) groups is 2. The lowest BCUT2D eigenvalue weighted by molar-refractivity contribution is -0.145. The van der Waals surface area contributed by atoms with Crippen LogP contribution >= 0.6 is 0 Å². The summed E-state index contributed by atoms with van der Waals surface area (Å²) in [4.78, 5) is 26.5. The minimum Gasteiger partial charge on any atom is -0.351 e. The number of hydrogen-bond acceptors (Lipinski definition) is 2. The summed E-state index contributed by atoms with van der Waals surface area (Å²) < 4.78 is 0. The maximum Gasteiger partial charge on any atom is 0.225 e. The second-order valence-electron chi connectivity index (χ2n) is 9.72. The Bertz CT molecular complexity index is 764. The van der Waals surface area contributed by atoms with E-state index in [1.54, 1.807) is 0 Å². The molecule has 0 aromatic heterocycles. The van der Waals surface area contributed by atoms with E-state index in [1.807, 2.05) is 0 Å². The van der Waals surface area contributed by atoms with Crippen LogP contribution in [-0.4, -0.2) is 35.3 Å². The van der Waals surface area contributed by atoms with Gasteiger partial charge in [-0.2, -0.15) is 0 Å². The Kier molecular flexibility index (Phi) is 3.89. The van der Waals surface area contributed by atoms with Crippen LogP contribution in [0.3, 0.4) is 0 Å². The number of hydrogen-bond donors (Lipinski definition) is 1. The third-order valence-electron chi connectivity index (χ3n) is 7.98. The lowest BCUT2D eigenvalue weighted by Gasteiger charge is -2.54. The van der Waals surface area contributed by atoms with E-state index >= 15 is 0 Å². The number of carbonyl (C=O) groups excluding carboxylic acids is 2. The average Bonchev–Trinajstić information content (AvgIpc) is 3.01. The molecule has 2 amide bonds. The van der Waals surface area contributed by atoms with Gasteiger partial charge in [0.05, 0.1) is 0 Å². The molecule has 2 saturated heterocycles. The maximum absolute atomic E-state index is 12.9. The zero-order chi connectivity index (χ0) is 18.6. The van der Waals surface area contributed by atoms with Crippen molar-refractivity contribution in [3.63, 3.8) is 0 Å². The first kappa shape index (κ1) is 17.3. The summed E-state index contributed by atoms with van der Waals surface area (Å²) in [6.45, 7) is 4.07. The SMILES string of the molecule is Cc1ccccc1C1CC2(CCN(C(=O)C3CC4(CCC(=O)N4)C3)CC2)C1. The lowest BCUT2D eigenvalue weighted by atomic mass is 9.55. The number of nitrogens with one attached hydrogen (secondary N) is 1. The minimum atomic E-state index is -0.0385. The van der Waals surface area contributed by atoms with Crippen molar-refractivity contribution in [2.24, 2.45) is 11.3 Å². The topological polar surface area (TPSA) is 49.4 Å². The number of benzene rings is 1.